The first-order chi connectivity index (χ1) is 7.71. The number of benzene rings is 1. The zero-order valence-corrected chi connectivity index (χ0v) is 9.56. The summed E-state index contributed by atoms with van der Waals surface area (Å²) in [5.41, 5.74) is 4.28. The maximum atomic E-state index is 12.5. The van der Waals surface area contributed by atoms with Gasteiger partial charge in [0, 0.05) is 5.69 Å². The Labute approximate surface area is 101 Å². The van der Waals surface area contributed by atoms with E-state index in [0.717, 1.165) is 12.1 Å². The van der Waals surface area contributed by atoms with Crippen molar-refractivity contribution in [3.8, 4) is 0 Å². The van der Waals surface area contributed by atoms with Crippen molar-refractivity contribution in [3.05, 3.63) is 28.8 Å². The highest BCUT2D eigenvalue weighted by atomic mass is 35.5. The van der Waals surface area contributed by atoms with Crippen molar-refractivity contribution in [1.29, 1.82) is 0 Å². The molecule has 1 aromatic rings. The summed E-state index contributed by atoms with van der Waals surface area (Å²) in [5.74, 6) is -0.569. The van der Waals surface area contributed by atoms with E-state index in [1.54, 1.807) is 0 Å². The minimum absolute atomic E-state index is 0.00373. The van der Waals surface area contributed by atoms with Crippen molar-refractivity contribution < 1.29 is 18.0 Å². The van der Waals surface area contributed by atoms with Crippen LogP contribution in [0.25, 0.3) is 0 Å². The third-order valence-electron chi connectivity index (χ3n) is 1.95. The maximum absolute atomic E-state index is 12.5. The van der Waals surface area contributed by atoms with Gasteiger partial charge in [-0.2, -0.15) is 13.2 Å². The molecular formula is C10H10ClF3N2O. The molecule has 17 heavy (non-hydrogen) atoms. The Hall–Kier alpha value is -1.27. The lowest BCUT2D eigenvalue weighted by Gasteiger charge is -2.12. The van der Waals surface area contributed by atoms with E-state index < -0.39 is 28.7 Å². The Kier molecular flexibility index (Phi) is 4.00. The molecule has 3 nitrogen and oxygen atoms in total. The summed E-state index contributed by atoms with van der Waals surface area (Å²) in [5, 5.41) is 1.84. The van der Waals surface area contributed by atoms with E-state index in [4.69, 9.17) is 17.3 Å². The highest BCUT2D eigenvalue weighted by molar-refractivity contribution is 6.31. The van der Waals surface area contributed by atoms with Crippen LogP contribution in [0.2, 0.25) is 5.02 Å². The fraction of sp³-hybridized carbons (Fsp3) is 0.300. The van der Waals surface area contributed by atoms with Crippen LogP contribution in [0.15, 0.2) is 18.2 Å². The third kappa shape index (κ3) is 3.61. The predicted octanol–water partition coefficient (Wildman–Crippen LogP) is 2.64. The molecule has 1 atom stereocenters. The smallest absolute Gasteiger partial charge is 0.325 e. The first-order valence-corrected chi connectivity index (χ1v) is 5.03. The van der Waals surface area contributed by atoms with E-state index in [1.165, 1.54) is 13.0 Å². The molecular weight excluding hydrogens is 257 g/mol. The van der Waals surface area contributed by atoms with Crippen molar-refractivity contribution in [2.24, 2.45) is 5.73 Å². The van der Waals surface area contributed by atoms with E-state index in [9.17, 15) is 18.0 Å². The van der Waals surface area contributed by atoms with Gasteiger partial charge in [-0.15, -0.1) is 0 Å². The maximum Gasteiger partial charge on any atom is 0.417 e. The van der Waals surface area contributed by atoms with Gasteiger partial charge in [0.2, 0.25) is 5.91 Å². The molecule has 1 amide bonds. The summed E-state index contributed by atoms with van der Waals surface area (Å²) in [6, 6.07) is 2.31. The minimum Gasteiger partial charge on any atom is -0.325 e. The van der Waals surface area contributed by atoms with Gasteiger partial charge < -0.3 is 11.1 Å². The summed E-state index contributed by atoms with van der Waals surface area (Å²) in [7, 11) is 0. The second kappa shape index (κ2) is 4.93. The molecule has 0 saturated carbocycles. The highest BCUT2D eigenvalue weighted by Crippen LogP contribution is 2.36. The van der Waals surface area contributed by atoms with E-state index in [1.807, 2.05) is 0 Å². The van der Waals surface area contributed by atoms with Gasteiger partial charge in [0.05, 0.1) is 16.6 Å². The van der Waals surface area contributed by atoms with Crippen LogP contribution in [0.5, 0.6) is 0 Å². The van der Waals surface area contributed by atoms with E-state index >= 15 is 0 Å². The highest BCUT2D eigenvalue weighted by Gasteiger charge is 2.33. The van der Waals surface area contributed by atoms with Crippen molar-refractivity contribution in [2.75, 3.05) is 5.32 Å². The SMILES string of the molecule is C[C@H](N)C(=O)Nc1ccc(Cl)c(C(F)(F)F)c1. The van der Waals surface area contributed by atoms with Crippen molar-refractivity contribution in [3.63, 3.8) is 0 Å². The number of anilines is 1. The van der Waals surface area contributed by atoms with Gasteiger partial charge in [-0.3, -0.25) is 4.79 Å². The molecule has 0 heterocycles. The lowest BCUT2D eigenvalue weighted by atomic mass is 10.2. The Balaban J connectivity index is 3.01. The third-order valence-corrected chi connectivity index (χ3v) is 2.28. The quantitative estimate of drug-likeness (QED) is 0.865. The number of rotatable bonds is 2. The molecule has 7 heteroatoms. The number of nitrogens with two attached hydrogens (primary N) is 1. The molecule has 0 saturated heterocycles. The van der Waals surface area contributed by atoms with Crippen LogP contribution in [0.3, 0.4) is 0 Å². The van der Waals surface area contributed by atoms with E-state index in [-0.39, 0.29) is 5.69 Å². The van der Waals surface area contributed by atoms with Crippen LogP contribution < -0.4 is 11.1 Å². The predicted molar refractivity (Wildman–Crippen MR) is 58.7 cm³/mol. The fourth-order valence-electron chi connectivity index (χ4n) is 1.08. The zero-order chi connectivity index (χ0) is 13.2. The van der Waals surface area contributed by atoms with E-state index in [0.29, 0.717) is 0 Å². The van der Waals surface area contributed by atoms with Crippen LogP contribution in [-0.4, -0.2) is 11.9 Å². The molecule has 1 aromatic carbocycles. The molecule has 0 aliphatic rings. The number of carbonyl (C=O) groups excluding carboxylic acids is 1. The largest absolute Gasteiger partial charge is 0.417 e. The number of amides is 1. The Morgan fingerprint density at radius 2 is 2.06 bits per heavy atom. The average molecular weight is 267 g/mol. The first-order valence-electron chi connectivity index (χ1n) is 4.65. The molecule has 1 rings (SSSR count). The van der Waals surface area contributed by atoms with Gasteiger partial charge in [-0.05, 0) is 25.1 Å². The molecule has 0 spiro atoms. The summed E-state index contributed by atoms with van der Waals surface area (Å²) in [6.45, 7) is 1.43. The minimum atomic E-state index is -4.56. The lowest BCUT2D eigenvalue weighted by Crippen LogP contribution is -2.32. The number of nitrogens with one attached hydrogen (secondary N) is 1. The molecule has 0 bridgehead atoms. The Bertz CT molecular complexity index is 432. The van der Waals surface area contributed by atoms with Crippen molar-refractivity contribution >= 4 is 23.2 Å². The van der Waals surface area contributed by atoms with Crippen LogP contribution in [0, 0.1) is 0 Å². The van der Waals surface area contributed by atoms with Crippen LogP contribution in [0.1, 0.15) is 12.5 Å². The first kappa shape index (κ1) is 13.8. The zero-order valence-electron chi connectivity index (χ0n) is 8.81. The van der Waals surface area contributed by atoms with Crippen LogP contribution in [0.4, 0.5) is 18.9 Å². The molecule has 94 valence electrons. The second-order valence-corrected chi connectivity index (χ2v) is 3.88. The second-order valence-electron chi connectivity index (χ2n) is 3.47. The molecule has 0 fully saturated rings. The molecule has 0 aromatic heterocycles. The molecule has 0 aliphatic heterocycles. The van der Waals surface area contributed by atoms with Gasteiger partial charge in [0.1, 0.15) is 0 Å². The van der Waals surface area contributed by atoms with E-state index in [2.05, 4.69) is 5.32 Å². The van der Waals surface area contributed by atoms with Crippen LogP contribution >= 0.6 is 11.6 Å². The number of hydrogen-bond donors (Lipinski definition) is 2. The Morgan fingerprint density at radius 1 is 1.47 bits per heavy atom. The summed E-state index contributed by atoms with van der Waals surface area (Å²) >= 11 is 5.42. The number of hydrogen-bond acceptors (Lipinski definition) is 2. The number of carbonyl (C=O) groups is 1. The van der Waals surface area contributed by atoms with Gasteiger partial charge in [0.25, 0.3) is 0 Å². The normalized spacial score (nSPS) is 13.3. The molecule has 0 radical (unpaired) electrons. The Morgan fingerprint density at radius 3 is 2.53 bits per heavy atom. The summed E-state index contributed by atoms with van der Waals surface area (Å²) in [4.78, 5) is 11.2. The van der Waals surface area contributed by atoms with Gasteiger partial charge in [-0.1, -0.05) is 11.6 Å². The number of halogens is 4. The van der Waals surface area contributed by atoms with Crippen molar-refractivity contribution in [2.45, 2.75) is 19.1 Å². The van der Waals surface area contributed by atoms with Gasteiger partial charge in [-0.25, -0.2) is 0 Å². The lowest BCUT2D eigenvalue weighted by molar-refractivity contribution is -0.137. The topological polar surface area (TPSA) is 55.1 Å². The number of alkyl halides is 3. The van der Waals surface area contributed by atoms with Crippen LogP contribution in [-0.2, 0) is 11.0 Å². The van der Waals surface area contributed by atoms with Gasteiger partial charge >= 0.3 is 6.18 Å². The molecule has 3 N–H and O–H groups in total. The van der Waals surface area contributed by atoms with Crippen molar-refractivity contribution in [1.82, 2.24) is 0 Å². The summed E-state index contributed by atoms with van der Waals surface area (Å²) < 4.78 is 37.5. The molecule has 0 aliphatic carbocycles. The fourth-order valence-corrected chi connectivity index (χ4v) is 1.30. The average Bonchev–Trinajstić information content (AvgIpc) is 2.19. The van der Waals surface area contributed by atoms with Gasteiger partial charge in [0.15, 0.2) is 0 Å². The summed E-state index contributed by atoms with van der Waals surface area (Å²) in [6.07, 6.45) is -4.56. The molecule has 0 unspecified atom stereocenters. The monoisotopic (exact) mass is 266 g/mol. The standard InChI is InChI=1S/C10H10ClF3N2O/c1-5(15)9(17)16-6-2-3-8(11)7(4-6)10(12,13)14/h2-5H,15H2,1H3,(H,16,17)/t5-/m0/s1.